The Morgan fingerprint density at radius 3 is 2.48 bits per heavy atom. The molecular weight excluding hydrogens is 384 g/mol. The van der Waals surface area contributed by atoms with Crippen LogP contribution in [0.2, 0.25) is 5.02 Å². The second-order valence-corrected chi connectivity index (χ2v) is 6.02. The van der Waals surface area contributed by atoms with Crippen LogP contribution >= 0.6 is 27.5 Å². The predicted octanol–water partition coefficient (Wildman–Crippen LogP) is 4.66. The molecule has 0 aliphatic carbocycles. The molecule has 6 heteroatoms. The molecule has 0 saturated heterocycles. The van der Waals surface area contributed by atoms with Crippen molar-refractivity contribution in [1.82, 2.24) is 0 Å². The third-order valence-electron chi connectivity index (χ3n) is 3.18. The zero-order chi connectivity index (χ0) is 16.8. The van der Waals surface area contributed by atoms with Gasteiger partial charge in [-0.2, -0.15) is 0 Å². The normalized spacial score (nSPS) is 10.3. The quantitative estimate of drug-likeness (QED) is 0.523. The average molecular weight is 400 g/mol. The minimum absolute atomic E-state index is 0.237. The lowest BCUT2D eigenvalue weighted by molar-refractivity contribution is -0.134. The van der Waals surface area contributed by atoms with Crippen LogP contribution < -0.4 is 14.2 Å². The molecule has 0 heterocycles. The molecule has 0 bridgehead atoms. The summed E-state index contributed by atoms with van der Waals surface area (Å²) in [4.78, 5) is 11.9. The second-order valence-electron chi connectivity index (χ2n) is 4.73. The van der Waals surface area contributed by atoms with Gasteiger partial charge in [-0.1, -0.05) is 33.6 Å². The Morgan fingerprint density at radius 1 is 1.13 bits per heavy atom. The van der Waals surface area contributed by atoms with E-state index in [4.69, 9.17) is 25.8 Å². The van der Waals surface area contributed by atoms with E-state index in [0.717, 1.165) is 10.0 Å². The number of esters is 1. The lowest BCUT2D eigenvalue weighted by Gasteiger charge is -2.12. The van der Waals surface area contributed by atoms with Crippen molar-refractivity contribution in [3.8, 4) is 17.2 Å². The van der Waals surface area contributed by atoms with Crippen molar-refractivity contribution in [3.63, 3.8) is 0 Å². The summed E-state index contributed by atoms with van der Waals surface area (Å²) < 4.78 is 16.6. The SMILES string of the molecule is COc1cc(Br)c(CCC(=O)Oc2cccc(Cl)c2)cc1OC. The van der Waals surface area contributed by atoms with Gasteiger partial charge in [0.25, 0.3) is 0 Å². The smallest absolute Gasteiger partial charge is 0.311 e. The van der Waals surface area contributed by atoms with Crippen molar-refractivity contribution < 1.29 is 19.0 Å². The maximum Gasteiger partial charge on any atom is 0.311 e. The molecule has 2 aromatic rings. The number of benzene rings is 2. The number of carbonyl (C=O) groups excluding carboxylic acids is 1. The summed E-state index contributed by atoms with van der Waals surface area (Å²) in [6.45, 7) is 0. The molecule has 0 aliphatic rings. The minimum atomic E-state index is -0.325. The number of ether oxygens (including phenoxy) is 3. The van der Waals surface area contributed by atoms with Gasteiger partial charge in [-0.3, -0.25) is 4.79 Å². The van der Waals surface area contributed by atoms with Crippen molar-refractivity contribution in [2.75, 3.05) is 14.2 Å². The highest BCUT2D eigenvalue weighted by Crippen LogP contribution is 2.33. The van der Waals surface area contributed by atoms with Crippen molar-refractivity contribution >= 4 is 33.5 Å². The summed E-state index contributed by atoms with van der Waals surface area (Å²) in [5.41, 5.74) is 0.936. The van der Waals surface area contributed by atoms with E-state index in [1.807, 2.05) is 12.1 Å². The van der Waals surface area contributed by atoms with Crippen LogP contribution in [0, 0.1) is 0 Å². The maximum absolute atomic E-state index is 11.9. The Morgan fingerprint density at radius 2 is 1.83 bits per heavy atom. The number of carbonyl (C=O) groups is 1. The van der Waals surface area contributed by atoms with Gasteiger partial charge in [0.05, 0.1) is 20.6 Å². The predicted molar refractivity (Wildman–Crippen MR) is 92.7 cm³/mol. The number of hydrogen-bond acceptors (Lipinski definition) is 4. The Hall–Kier alpha value is -1.72. The van der Waals surface area contributed by atoms with Gasteiger partial charge in [0.2, 0.25) is 0 Å². The Bertz CT molecular complexity index is 703. The molecule has 0 aliphatic heterocycles. The van der Waals surface area contributed by atoms with Crippen molar-refractivity contribution in [2.24, 2.45) is 0 Å². The van der Waals surface area contributed by atoms with E-state index in [2.05, 4.69) is 15.9 Å². The van der Waals surface area contributed by atoms with Gasteiger partial charge in [-0.05, 0) is 42.3 Å². The molecule has 23 heavy (non-hydrogen) atoms. The van der Waals surface area contributed by atoms with Crippen LogP contribution in [0.25, 0.3) is 0 Å². The second kappa shape index (κ2) is 8.22. The van der Waals surface area contributed by atoms with E-state index < -0.39 is 0 Å². The first-order chi connectivity index (χ1) is 11.0. The minimum Gasteiger partial charge on any atom is -0.493 e. The summed E-state index contributed by atoms with van der Waals surface area (Å²) in [5, 5.41) is 0.526. The van der Waals surface area contributed by atoms with E-state index in [1.54, 1.807) is 38.5 Å². The highest BCUT2D eigenvalue weighted by atomic mass is 79.9. The van der Waals surface area contributed by atoms with Crippen LogP contribution in [-0.2, 0) is 11.2 Å². The molecule has 2 rings (SSSR count). The summed E-state index contributed by atoms with van der Waals surface area (Å²) in [6, 6.07) is 10.4. The Kier molecular flexibility index (Phi) is 6.30. The molecule has 0 unspecified atom stereocenters. The van der Waals surface area contributed by atoms with E-state index in [9.17, 15) is 4.79 Å². The van der Waals surface area contributed by atoms with Crippen LogP contribution in [0.15, 0.2) is 40.9 Å². The van der Waals surface area contributed by atoms with E-state index in [-0.39, 0.29) is 12.4 Å². The van der Waals surface area contributed by atoms with Crippen molar-refractivity contribution in [2.45, 2.75) is 12.8 Å². The Labute approximate surface area is 148 Å². The fraction of sp³-hybridized carbons (Fsp3) is 0.235. The first-order valence-electron chi connectivity index (χ1n) is 6.90. The third kappa shape index (κ3) is 4.88. The first-order valence-corrected chi connectivity index (χ1v) is 8.07. The number of halogens is 2. The number of rotatable bonds is 6. The molecule has 0 spiro atoms. The number of aryl methyl sites for hydroxylation is 1. The topological polar surface area (TPSA) is 44.8 Å². The van der Waals surface area contributed by atoms with Crippen LogP contribution in [-0.4, -0.2) is 20.2 Å². The van der Waals surface area contributed by atoms with Crippen LogP contribution in [0.1, 0.15) is 12.0 Å². The molecule has 0 amide bonds. The highest BCUT2D eigenvalue weighted by molar-refractivity contribution is 9.10. The standard InChI is InChI=1S/C17H16BrClO4/c1-21-15-8-11(14(18)10-16(15)22-2)6-7-17(20)23-13-5-3-4-12(19)9-13/h3-5,8-10H,6-7H2,1-2H3. The van der Waals surface area contributed by atoms with E-state index in [1.165, 1.54) is 0 Å². The van der Waals surface area contributed by atoms with Crippen LogP contribution in [0.4, 0.5) is 0 Å². The molecular formula is C17H16BrClO4. The molecule has 0 radical (unpaired) electrons. The van der Waals surface area contributed by atoms with Gasteiger partial charge in [0.1, 0.15) is 5.75 Å². The van der Waals surface area contributed by atoms with E-state index >= 15 is 0 Å². The van der Waals surface area contributed by atoms with Gasteiger partial charge in [-0.15, -0.1) is 0 Å². The van der Waals surface area contributed by atoms with Gasteiger partial charge in [0, 0.05) is 9.50 Å². The van der Waals surface area contributed by atoms with Crippen LogP contribution in [0.5, 0.6) is 17.2 Å². The summed E-state index contributed by atoms with van der Waals surface area (Å²) in [6.07, 6.45) is 0.751. The average Bonchev–Trinajstić information content (AvgIpc) is 2.53. The molecule has 122 valence electrons. The highest BCUT2D eigenvalue weighted by Gasteiger charge is 2.12. The molecule has 4 nitrogen and oxygen atoms in total. The number of methoxy groups -OCH3 is 2. The molecule has 0 fully saturated rings. The van der Waals surface area contributed by atoms with Crippen molar-refractivity contribution in [3.05, 3.63) is 51.5 Å². The molecule has 0 aromatic heterocycles. The van der Waals surface area contributed by atoms with Gasteiger partial charge in [0.15, 0.2) is 11.5 Å². The fourth-order valence-corrected chi connectivity index (χ4v) is 2.74. The van der Waals surface area contributed by atoms with Gasteiger partial charge in [-0.25, -0.2) is 0 Å². The molecule has 0 atom stereocenters. The maximum atomic E-state index is 11.9. The van der Waals surface area contributed by atoms with Crippen LogP contribution in [0.3, 0.4) is 0 Å². The lowest BCUT2D eigenvalue weighted by Crippen LogP contribution is -2.09. The van der Waals surface area contributed by atoms with Gasteiger partial charge < -0.3 is 14.2 Å². The van der Waals surface area contributed by atoms with Gasteiger partial charge >= 0.3 is 5.97 Å². The fourth-order valence-electron chi connectivity index (χ4n) is 2.04. The zero-order valence-electron chi connectivity index (χ0n) is 12.8. The molecule has 0 saturated carbocycles. The lowest BCUT2D eigenvalue weighted by atomic mass is 10.1. The monoisotopic (exact) mass is 398 g/mol. The summed E-state index contributed by atoms with van der Waals surface area (Å²) in [7, 11) is 3.15. The number of hydrogen-bond donors (Lipinski definition) is 0. The first kappa shape index (κ1) is 17.6. The molecule has 2 aromatic carbocycles. The third-order valence-corrected chi connectivity index (χ3v) is 4.15. The molecule has 0 N–H and O–H groups in total. The van der Waals surface area contributed by atoms with E-state index in [0.29, 0.717) is 28.7 Å². The Balaban J connectivity index is 2.01. The summed E-state index contributed by atoms with van der Waals surface area (Å²) >= 11 is 9.33. The zero-order valence-corrected chi connectivity index (χ0v) is 15.1. The largest absolute Gasteiger partial charge is 0.493 e. The van der Waals surface area contributed by atoms with Crippen molar-refractivity contribution in [1.29, 1.82) is 0 Å². The summed E-state index contributed by atoms with van der Waals surface area (Å²) in [5.74, 6) is 1.36.